The fourth-order valence-electron chi connectivity index (χ4n) is 7.45. The molecular formula is C38H76N4O6S2. The zero-order chi connectivity index (χ0) is 38.4. The van der Waals surface area contributed by atoms with E-state index in [4.69, 9.17) is 0 Å². The standard InChI is InChI=1S/2C10H19NO.2C9H19NO2S/c1-8(2)10-4-6-11(7-5-10)9(3)12;1-7(2)9-4-5-11-10(6-9)8(3)12;1-8(2)9-4-6-10(7-5-9)13(3,11)12;1-7(2)8-4-5-10-9(6-8)13(3,11)12/h8,10H,4-7H2,1-3H3;7,9-11H,4-6H2,1-3H3;8-9H,4-7H2,1-3H3;7-10H,4-6H2,1-3H3. The van der Waals surface area contributed by atoms with Gasteiger partial charge in [-0.05, 0) is 119 Å². The zero-order valence-corrected chi connectivity index (χ0v) is 35.5. The highest BCUT2D eigenvalue weighted by Crippen LogP contribution is 2.27. The van der Waals surface area contributed by atoms with E-state index in [1.165, 1.54) is 31.8 Å². The molecule has 0 aromatic heterocycles. The van der Waals surface area contributed by atoms with Crippen LogP contribution in [0, 0.1) is 47.3 Å². The smallest absolute Gasteiger partial charge is 0.219 e. The number of nitrogens with zero attached hydrogens (tertiary/aromatic N) is 2. The van der Waals surface area contributed by atoms with Crippen molar-refractivity contribution < 1.29 is 26.4 Å². The van der Waals surface area contributed by atoms with Crippen LogP contribution in [0.2, 0.25) is 0 Å². The van der Waals surface area contributed by atoms with E-state index in [0.717, 1.165) is 76.0 Å². The Balaban J connectivity index is 0.000000334. The van der Waals surface area contributed by atoms with Crippen LogP contribution in [0.5, 0.6) is 0 Å². The Bertz CT molecular complexity index is 1210. The molecule has 2 N–H and O–H groups in total. The van der Waals surface area contributed by atoms with Gasteiger partial charge in [0, 0.05) is 39.4 Å². The largest absolute Gasteiger partial charge is 0.343 e. The number of nitrogens with one attached hydrogen (secondary N) is 2. The van der Waals surface area contributed by atoms with Gasteiger partial charge in [0.15, 0.2) is 9.84 Å². The maximum Gasteiger partial charge on any atom is 0.219 e. The Hall–Kier alpha value is -1.08. The predicted octanol–water partition coefficient (Wildman–Crippen LogP) is 5.83. The van der Waals surface area contributed by atoms with Crippen LogP contribution in [0.4, 0.5) is 0 Å². The number of piperidine rings is 4. The summed E-state index contributed by atoms with van der Waals surface area (Å²) < 4.78 is 46.6. The molecule has 0 aromatic rings. The molecule has 1 amide bonds. The number of hydrogen-bond acceptors (Lipinski definition) is 8. The summed E-state index contributed by atoms with van der Waals surface area (Å²) in [5, 5.41) is 6.00. The van der Waals surface area contributed by atoms with Crippen LogP contribution < -0.4 is 10.6 Å². The fourth-order valence-corrected chi connectivity index (χ4v) is 9.35. The Kier molecular flexibility index (Phi) is 20.9. The molecule has 0 saturated carbocycles. The van der Waals surface area contributed by atoms with Crippen LogP contribution in [-0.4, -0.2) is 101 Å². The zero-order valence-electron chi connectivity index (χ0n) is 33.8. The molecule has 10 nitrogen and oxygen atoms in total. The van der Waals surface area contributed by atoms with E-state index in [9.17, 15) is 26.4 Å². The Morgan fingerprint density at radius 2 is 0.980 bits per heavy atom. The number of likely N-dealkylation sites (tertiary alicyclic amines) is 1. The van der Waals surface area contributed by atoms with Crippen LogP contribution >= 0.6 is 0 Å². The first-order chi connectivity index (χ1) is 23.0. The molecule has 4 saturated heterocycles. The molecule has 0 aliphatic carbocycles. The number of Topliss-reactive ketones (excluding diaryl/α,β-unsaturated/α-hetero) is 1. The lowest BCUT2D eigenvalue weighted by molar-refractivity contribution is -0.130. The molecule has 4 aliphatic rings. The van der Waals surface area contributed by atoms with Gasteiger partial charge in [0.2, 0.25) is 15.9 Å². The van der Waals surface area contributed by atoms with Crippen LogP contribution in [0.3, 0.4) is 0 Å². The summed E-state index contributed by atoms with van der Waals surface area (Å²) in [5.41, 5.74) is 0. The summed E-state index contributed by atoms with van der Waals surface area (Å²) >= 11 is 0. The summed E-state index contributed by atoms with van der Waals surface area (Å²) in [4.78, 5) is 24.1. The van der Waals surface area contributed by atoms with Gasteiger partial charge in [0.1, 0.15) is 11.2 Å². The Labute approximate surface area is 308 Å². The van der Waals surface area contributed by atoms with Crippen molar-refractivity contribution >= 4 is 31.6 Å². The van der Waals surface area contributed by atoms with Gasteiger partial charge in [-0.1, -0.05) is 55.4 Å². The van der Waals surface area contributed by atoms with Gasteiger partial charge in [-0.25, -0.2) is 21.1 Å². The van der Waals surface area contributed by atoms with E-state index in [-0.39, 0.29) is 17.3 Å². The van der Waals surface area contributed by atoms with Crippen molar-refractivity contribution in [2.24, 2.45) is 47.3 Å². The van der Waals surface area contributed by atoms with Crippen molar-refractivity contribution in [2.75, 3.05) is 51.8 Å². The SMILES string of the molecule is CC(=O)C1CC(C(C)C)CCN1.CC(=O)N1CCC(C(C)C)CC1.CC(C)C1CCN(S(C)(=O)=O)CC1.CC(C)C1CCNC(S(C)(=O)=O)C1. The van der Waals surface area contributed by atoms with Gasteiger partial charge < -0.3 is 15.5 Å². The molecule has 0 bridgehead atoms. The van der Waals surface area contributed by atoms with Gasteiger partial charge in [0.05, 0.1) is 12.3 Å². The van der Waals surface area contributed by atoms with Crippen LogP contribution in [0.25, 0.3) is 0 Å². The summed E-state index contributed by atoms with van der Waals surface area (Å²) in [6.07, 6.45) is 11.2. The first kappa shape index (κ1) is 46.9. The maximum atomic E-state index is 11.3. The number of sulfonamides is 1. The van der Waals surface area contributed by atoms with Gasteiger partial charge in [-0.3, -0.25) is 9.59 Å². The molecule has 50 heavy (non-hydrogen) atoms. The number of carbonyl (C=O) groups excluding carboxylic acids is 2. The topological polar surface area (TPSA) is 133 Å². The second kappa shape index (κ2) is 22.2. The van der Waals surface area contributed by atoms with Crippen LogP contribution in [0.15, 0.2) is 0 Å². The van der Waals surface area contributed by atoms with Crippen molar-refractivity contribution in [3.05, 3.63) is 0 Å². The monoisotopic (exact) mass is 749 g/mol. The highest BCUT2D eigenvalue weighted by Gasteiger charge is 2.30. The second-order valence-corrected chi connectivity index (χ2v) is 21.0. The van der Waals surface area contributed by atoms with Crippen LogP contribution in [0.1, 0.15) is 121 Å². The molecule has 4 fully saturated rings. The third-order valence-electron chi connectivity index (χ3n) is 11.6. The first-order valence-electron chi connectivity index (χ1n) is 19.4. The summed E-state index contributed by atoms with van der Waals surface area (Å²) in [5.74, 6) is 6.12. The molecule has 0 aromatic carbocycles. The van der Waals surface area contributed by atoms with Crippen molar-refractivity contribution in [3.8, 4) is 0 Å². The average molecular weight is 749 g/mol. The van der Waals surface area contributed by atoms with E-state index in [1.54, 1.807) is 18.2 Å². The fraction of sp³-hybridized carbons (Fsp3) is 0.947. The van der Waals surface area contributed by atoms with E-state index >= 15 is 0 Å². The lowest BCUT2D eigenvalue weighted by Gasteiger charge is -2.33. The Morgan fingerprint density at radius 1 is 0.580 bits per heavy atom. The first-order valence-corrected chi connectivity index (χ1v) is 23.2. The molecule has 4 unspecified atom stereocenters. The molecule has 296 valence electrons. The molecule has 4 heterocycles. The number of ketones is 1. The van der Waals surface area contributed by atoms with Gasteiger partial charge in [0.25, 0.3) is 0 Å². The van der Waals surface area contributed by atoms with E-state index in [2.05, 4.69) is 66.0 Å². The molecule has 0 radical (unpaired) electrons. The highest BCUT2D eigenvalue weighted by atomic mass is 32.2. The van der Waals surface area contributed by atoms with Crippen molar-refractivity contribution in [1.29, 1.82) is 0 Å². The Morgan fingerprint density at radius 3 is 1.34 bits per heavy atom. The predicted molar refractivity (Wildman–Crippen MR) is 208 cm³/mol. The minimum atomic E-state index is -2.94. The molecular weight excluding hydrogens is 673 g/mol. The van der Waals surface area contributed by atoms with Gasteiger partial charge in [-0.15, -0.1) is 0 Å². The van der Waals surface area contributed by atoms with Crippen molar-refractivity contribution in [2.45, 2.75) is 132 Å². The summed E-state index contributed by atoms with van der Waals surface area (Å²) in [7, 11) is -5.85. The molecule has 4 rings (SSSR count). The normalized spacial score (nSPS) is 26.0. The number of rotatable bonds is 7. The molecule has 0 spiro atoms. The van der Waals surface area contributed by atoms with Crippen molar-refractivity contribution in [3.63, 3.8) is 0 Å². The highest BCUT2D eigenvalue weighted by molar-refractivity contribution is 7.91. The third kappa shape index (κ3) is 17.6. The minimum Gasteiger partial charge on any atom is -0.343 e. The summed E-state index contributed by atoms with van der Waals surface area (Å²) in [6, 6.07) is 0.131. The van der Waals surface area contributed by atoms with Gasteiger partial charge >= 0.3 is 0 Å². The number of amides is 1. The lowest BCUT2D eigenvalue weighted by atomic mass is 9.83. The van der Waals surface area contributed by atoms with Crippen molar-refractivity contribution in [1.82, 2.24) is 19.8 Å². The van der Waals surface area contributed by atoms with Gasteiger partial charge in [-0.2, -0.15) is 0 Å². The summed E-state index contributed by atoms with van der Waals surface area (Å²) in [6.45, 7) is 26.3. The lowest BCUT2D eigenvalue weighted by Crippen LogP contribution is -2.44. The maximum absolute atomic E-state index is 11.3. The number of carbonyl (C=O) groups is 2. The van der Waals surface area contributed by atoms with E-state index in [0.29, 0.717) is 48.5 Å². The van der Waals surface area contributed by atoms with Crippen LogP contribution in [-0.2, 0) is 29.4 Å². The molecule has 12 heteroatoms. The molecule has 4 atom stereocenters. The number of hydrogen-bond donors (Lipinski definition) is 2. The molecule has 4 aliphatic heterocycles. The quantitative estimate of drug-likeness (QED) is 0.333. The van der Waals surface area contributed by atoms with E-state index in [1.807, 2.05) is 4.90 Å². The average Bonchev–Trinajstić information content (AvgIpc) is 3.05. The third-order valence-corrected chi connectivity index (χ3v) is 14.3. The second-order valence-electron chi connectivity index (χ2n) is 16.8. The van der Waals surface area contributed by atoms with E-state index < -0.39 is 19.9 Å². The number of sulfone groups is 1. The minimum absolute atomic E-state index is 0.131.